The van der Waals surface area contributed by atoms with E-state index >= 15 is 0 Å². The maximum atomic E-state index is 12.3. The molecule has 134 valence electrons. The van der Waals surface area contributed by atoms with Crippen molar-refractivity contribution >= 4 is 16.7 Å². The fourth-order valence-corrected chi connectivity index (χ4v) is 2.96. The van der Waals surface area contributed by atoms with E-state index in [1.54, 1.807) is 30.5 Å². The molecule has 2 aromatic carbocycles. The Morgan fingerprint density at radius 3 is 2.59 bits per heavy atom. The van der Waals surface area contributed by atoms with Crippen molar-refractivity contribution in [3.8, 4) is 0 Å². The van der Waals surface area contributed by atoms with Gasteiger partial charge in [0.25, 0.3) is 11.5 Å². The number of hydrogen-bond donors (Lipinski definition) is 1. The minimum absolute atomic E-state index is 0.115. The molecule has 4 aromatic rings. The van der Waals surface area contributed by atoms with Gasteiger partial charge in [-0.1, -0.05) is 42.5 Å². The number of rotatable bonds is 5. The van der Waals surface area contributed by atoms with Gasteiger partial charge in [-0.3, -0.25) is 9.59 Å². The number of amides is 1. The molecule has 0 aliphatic rings. The summed E-state index contributed by atoms with van der Waals surface area (Å²) < 4.78 is 7.11. The van der Waals surface area contributed by atoms with E-state index in [1.807, 2.05) is 30.3 Å². The standard InChI is InChI=1S/C22H18N2O3/c25-21-7-3-4-12-24(21)15-19-10-11-20(27-19)22(26)23-14-16-8-9-17-5-1-2-6-18(17)13-16/h1-13H,14-15H2,(H,23,26). The minimum Gasteiger partial charge on any atom is -0.454 e. The summed E-state index contributed by atoms with van der Waals surface area (Å²) in [7, 11) is 0. The predicted molar refractivity (Wildman–Crippen MR) is 104 cm³/mol. The first kappa shape index (κ1) is 16.8. The SMILES string of the molecule is O=C(NCc1ccc2ccccc2c1)c1ccc(Cn2ccccc2=O)o1. The fraction of sp³-hybridized carbons (Fsp3) is 0.0909. The normalized spacial score (nSPS) is 10.8. The number of carbonyl (C=O) groups is 1. The first-order chi connectivity index (χ1) is 13.2. The van der Waals surface area contributed by atoms with E-state index in [-0.39, 0.29) is 23.8 Å². The maximum Gasteiger partial charge on any atom is 0.287 e. The van der Waals surface area contributed by atoms with Crippen LogP contribution in [0.15, 0.2) is 88.2 Å². The van der Waals surface area contributed by atoms with Crippen LogP contribution in [0.1, 0.15) is 21.9 Å². The first-order valence-electron chi connectivity index (χ1n) is 8.69. The highest BCUT2D eigenvalue weighted by atomic mass is 16.4. The zero-order valence-electron chi connectivity index (χ0n) is 14.6. The van der Waals surface area contributed by atoms with Crippen molar-refractivity contribution in [1.82, 2.24) is 9.88 Å². The molecule has 4 rings (SSSR count). The highest BCUT2D eigenvalue weighted by Crippen LogP contribution is 2.16. The molecule has 0 radical (unpaired) electrons. The van der Waals surface area contributed by atoms with Crippen LogP contribution in [0.3, 0.4) is 0 Å². The Morgan fingerprint density at radius 1 is 0.926 bits per heavy atom. The summed E-state index contributed by atoms with van der Waals surface area (Å²) in [4.78, 5) is 24.1. The summed E-state index contributed by atoms with van der Waals surface area (Å²) in [6, 6.07) is 22.5. The van der Waals surface area contributed by atoms with Crippen LogP contribution in [0.5, 0.6) is 0 Å². The lowest BCUT2D eigenvalue weighted by atomic mass is 10.1. The minimum atomic E-state index is -0.283. The Bertz CT molecular complexity index is 1160. The third-order valence-corrected chi connectivity index (χ3v) is 4.38. The van der Waals surface area contributed by atoms with Crippen molar-refractivity contribution in [3.63, 3.8) is 0 Å². The van der Waals surface area contributed by atoms with Gasteiger partial charge in [-0.2, -0.15) is 0 Å². The third-order valence-electron chi connectivity index (χ3n) is 4.38. The summed E-state index contributed by atoms with van der Waals surface area (Å²) in [5, 5.41) is 5.17. The molecule has 0 bridgehead atoms. The van der Waals surface area contributed by atoms with E-state index in [2.05, 4.69) is 17.4 Å². The van der Waals surface area contributed by atoms with Gasteiger partial charge in [0.1, 0.15) is 5.76 Å². The summed E-state index contributed by atoms with van der Waals surface area (Å²) in [6.07, 6.45) is 1.68. The first-order valence-corrected chi connectivity index (χ1v) is 8.69. The number of pyridine rings is 1. The van der Waals surface area contributed by atoms with Crippen LogP contribution in [0.2, 0.25) is 0 Å². The van der Waals surface area contributed by atoms with Crippen LogP contribution >= 0.6 is 0 Å². The monoisotopic (exact) mass is 358 g/mol. The van der Waals surface area contributed by atoms with Crippen LogP contribution in [0, 0.1) is 0 Å². The van der Waals surface area contributed by atoms with Crippen LogP contribution in [-0.2, 0) is 13.1 Å². The van der Waals surface area contributed by atoms with Crippen molar-refractivity contribution in [3.05, 3.63) is 106 Å². The van der Waals surface area contributed by atoms with Gasteiger partial charge in [0.05, 0.1) is 6.54 Å². The van der Waals surface area contributed by atoms with Crippen molar-refractivity contribution in [1.29, 1.82) is 0 Å². The summed E-state index contributed by atoms with van der Waals surface area (Å²) in [5.74, 6) is 0.503. The molecule has 0 fully saturated rings. The average Bonchev–Trinajstić information content (AvgIpc) is 3.16. The van der Waals surface area contributed by atoms with E-state index < -0.39 is 0 Å². The number of fused-ring (bicyclic) bond motifs is 1. The molecule has 2 aromatic heterocycles. The Kier molecular flexibility index (Phi) is 4.58. The lowest BCUT2D eigenvalue weighted by Crippen LogP contribution is -2.22. The number of aromatic nitrogens is 1. The van der Waals surface area contributed by atoms with E-state index in [9.17, 15) is 9.59 Å². The number of furan rings is 1. The number of nitrogens with zero attached hydrogens (tertiary/aromatic N) is 1. The van der Waals surface area contributed by atoms with Crippen LogP contribution < -0.4 is 10.9 Å². The number of benzene rings is 2. The highest BCUT2D eigenvalue weighted by Gasteiger charge is 2.11. The molecule has 0 unspecified atom stereocenters. The van der Waals surface area contributed by atoms with Crippen LogP contribution in [-0.4, -0.2) is 10.5 Å². The van der Waals surface area contributed by atoms with Gasteiger partial charge >= 0.3 is 0 Å². The number of hydrogen-bond acceptors (Lipinski definition) is 3. The van der Waals surface area contributed by atoms with Crippen molar-refractivity contribution in [2.24, 2.45) is 0 Å². The quantitative estimate of drug-likeness (QED) is 0.593. The lowest BCUT2D eigenvalue weighted by Gasteiger charge is -2.05. The maximum absolute atomic E-state index is 12.3. The van der Waals surface area contributed by atoms with E-state index in [0.717, 1.165) is 10.9 Å². The Labute approximate surface area is 155 Å². The van der Waals surface area contributed by atoms with Gasteiger partial charge in [0.15, 0.2) is 5.76 Å². The average molecular weight is 358 g/mol. The van der Waals surface area contributed by atoms with Gasteiger partial charge in [0, 0.05) is 18.8 Å². The molecule has 1 N–H and O–H groups in total. The second kappa shape index (κ2) is 7.33. The topological polar surface area (TPSA) is 64.2 Å². The molecule has 2 heterocycles. The van der Waals surface area contributed by atoms with E-state index in [1.165, 1.54) is 16.0 Å². The molecule has 0 aliphatic heterocycles. The van der Waals surface area contributed by atoms with Gasteiger partial charge in [-0.25, -0.2) is 0 Å². The largest absolute Gasteiger partial charge is 0.454 e. The van der Waals surface area contributed by atoms with Crippen molar-refractivity contribution in [2.75, 3.05) is 0 Å². The Morgan fingerprint density at radius 2 is 1.74 bits per heavy atom. The molecule has 0 atom stereocenters. The molecule has 0 saturated carbocycles. The fourth-order valence-electron chi connectivity index (χ4n) is 2.96. The number of carbonyl (C=O) groups excluding carboxylic acids is 1. The Balaban J connectivity index is 1.41. The summed E-state index contributed by atoms with van der Waals surface area (Å²) in [5.41, 5.74) is 0.904. The second-order valence-corrected chi connectivity index (χ2v) is 6.30. The molecular weight excluding hydrogens is 340 g/mol. The second-order valence-electron chi connectivity index (χ2n) is 6.30. The molecule has 27 heavy (non-hydrogen) atoms. The van der Waals surface area contributed by atoms with Crippen LogP contribution in [0.4, 0.5) is 0 Å². The molecule has 0 aliphatic carbocycles. The highest BCUT2D eigenvalue weighted by molar-refractivity contribution is 5.91. The smallest absolute Gasteiger partial charge is 0.287 e. The molecule has 0 saturated heterocycles. The summed E-state index contributed by atoms with van der Waals surface area (Å²) in [6.45, 7) is 0.704. The zero-order chi connectivity index (χ0) is 18.6. The van der Waals surface area contributed by atoms with Gasteiger partial charge in [-0.05, 0) is 40.6 Å². The molecule has 5 heteroatoms. The van der Waals surface area contributed by atoms with Gasteiger partial charge in [-0.15, -0.1) is 0 Å². The van der Waals surface area contributed by atoms with Crippen LogP contribution in [0.25, 0.3) is 10.8 Å². The summed E-state index contributed by atoms with van der Waals surface area (Å²) >= 11 is 0. The number of nitrogens with one attached hydrogen (secondary N) is 1. The third kappa shape index (κ3) is 3.82. The predicted octanol–water partition coefficient (Wildman–Crippen LogP) is 3.57. The van der Waals surface area contributed by atoms with Crippen molar-refractivity contribution < 1.29 is 9.21 Å². The molecule has 1 amide bonds. The molecule has 0 spiro atoms. The zero-order valence-corrected chi connectivity index (χ0v) is 14.6. The van der Waals surface area contributed by atoms with Gasteiger partial charge < -0.3 is 14.3 Å². The van der Waals surface area contributed by atoms with Gasteiger partial charge in [0.2, 0.25) is 0 Å². The van der Waals surface area contributed by atoms with E-state index in [4.69, 9.17) is 4.42 Å². The Hall–Kier alpha value is -3.60. The lowest BCUT2D eigenvalue weighted by molar-refractivity contribution is 0.0921. The molecular formula is C22H18N2O3. The van der Waals surface area contributed by atoms with Crippen molar-refractivity contribution in [2.45, 2.75) is 13.1 Å². The molecule has 5 nitrogen and oxygen atoms in total. The van der Waals surface area contributed by atoms with E-state index in [0.29, 0.717) is 12.3 Å².